The zero-order valence-electron chi connectivity index (χ0n) is 8.55. The van der Waals surface area contributed by atoms with Crippen LogP contribution in [0.5, 0.6) is 0 Å². The fraction of sp³-hybridized carbons (Fsp3) is 0.800. The Morgan fingerprint density at radius 3 is 2.86 bits per heavy atom. The van der Waals surface area contributed by atoms with Crippen LogP contribution in [0.4, 0.5) is 0 Å². The van der Waals surface area contributed by atoms with Crippen molar-refractivity contribution in [2.75, 3.05) is 19.6 Å². The predicted molar refractivity (Wildman–Crippen MR) is 53.4 cm³/mol. The first-order valence-electron chi connectivity index (χ1n) is 5.12. The van der Waals surface area contributed by atoms with Crippen molar-refractivity contribution in [1.82, 2.24) is 10.6 Å². The average molecular weight is 195 g/mol. The fourth-order valence-corrected chi connectivity index (χ4v) is 1.13. The van der Waals surface area contributed by atoms with Crippen molar-refractivity contribution in [2.45, 2.75) is 19.8 Å². The molecule has 14 heavy (non-hydrogen) atoms. The molecule has 0 aromatic heterocycles. The first-order chi connectivity index (χ1) is 6.74. The van der Waals surface area contributed by atoms with Crippen LogP contribution in [0.25, 0.3) is 0 Å². The number of hydrogen-bond donors (Lipinski definition) is 2. The van der Waals surface area contributed by atoms with Crippen molar-refractivity contribution < 1.29 is 4.79 Å². The molecule has 0 aromatic rings. The Morgan fingerprint density at radius 2 is 2.29 bits per heavy atom. The number of rotatable bonds is 6. The van der Waals surface area contributed by atoms with Crippen LogP contribution < -0.4 is 10.6 Å². The van der Waals surface area contributed by atoms with Crippen LogP contribution in [0.3, 0.4) is 0 Å². The van der Waals surface area contributed by atoms with Crippen LogP contribution in [0.15, 0.2) is 0 Å². The second-order valence-electron chi connectivity index (χ2n) is 3.80. The molecule has 1 atom stereocenters. The molecule has 0 heterocycles. The van der Waals surface area contributed by atoms with Gasteiger partial charge in [-0.2, -0.15) is 5.26 Å². The quantitative estimate of drug-likeness (QED) is 0.598. The molecule has 0 bridgehead atoms. The summed E-state index contributed by atoms with van der Waals surface area (Å²) in [5.74, 6) is 0.502. The highest BCUT2D eigenvalue weighted by Crippen LogP contribution is 2.28. The Hall–Kier alpha value is -1.08. The van der Waals surface area contributed by atoms with E-state index < -0.39 is 0 Å². The molecule has 1 aliphatic rings. The first-order valence-corrected chi connectivity index (χ1v) is 5.12. The van der Waals surface area contributed by atoms with Crippen molar-refractivity contribution in [3.05, 3.63) is 0 Å². The van der Waals surface area contributed by atoms with E-state index in [1.807, 2.05) is 6.92 Å². The minimum atomic E-state index is 0.0362. The molecule has 0 radical (unpaired) electrons. The number of amides is 1. The lowest BCUT2D eigenvalue weighted by atomic mass is 10.2. The Balaban J connectivity index is 1.89. The number of hydrogen-bond acceptors (Lipinski definition) is 3. The number of nitrogens with zero attached hydrogens (tertiary/aromatic N) is 1. The third-order valence-corrected chi connectivity index (χ3v) is 2.22. The molecular weight excluding hydrogens is 178 g/mol. The van der Waals surface area contributed by atoms with Gasteiger partial charge in [-0.1, -0.05) is 0 Å². The maximum absolute atomic E-state index is 11.2. The Morgan fingerprint density at radius 1 is 1.57 bits per heavy atom. The second kappa shape index (κ2) is 5.61. The summed E-state index contributed by atoms with van der Waals surface area (Å²) in [6.45, 7) is 3.96. The van der Waals surface area contributed by atoms with Gasteiger partial charge in [0.1, 0.15) is 0 Å². The van der Waals surface area contributed by atoms with Gasteiger partial charge in [0, 0.05) is 25.6 Å². The zero-order chi connectivity index (χ0) is 10.4. The minimum Gasteiger partial charge on any atom is -0.355 e. The molecule has 0 spiro atoms. The molecule has 0 saturated heterocycles. The van der Waals surface area contributed by atoms with Crippen molar-refractivity contribution >= 4 is 5.91 Å². The predicted octanol–water partition coefficient (Wildman–Crippen LogP) is 0.262. The lowest BCUT2D eigenvalue weighted by Crippen LogP contribution is -2.34. The van der Waals surface area contributed by atoms with Crippen LogP contribution in [0.1, 0.15) is 19.8 Å². The van der Waals surface area contributed by atoms with Gasteiger partial charge in [-0.25, -0.2) is 0 Å². The molecule has 4 heteroatoms. The summed E-state index contributed by atoms with van der Waals surface area (Å²) in [5, 5.41) is 14.5. The van der Waals surface area contributed by atoms with Crippen molar-refractivity contribution in [3.63, 3.8) is 0 Å². The van der Waals surface area contributed by atoms with E-state index in [1.54, 1.807) is 0 Å². The molecule has 1 rings (SSSR count). The van der Waals surface area contributed by atoms with Gasteiger partial charge < -0.3 is 10.6 Å². The van der Waals surface area contributed by atoms with Gasteiger partial charge in [0.05, 0.1) is 12.0 Å². The SMILES string of the molecule is CC(C#N)CNCCNC(=O)C1CC1. The summed E-state index contributed by atoms with van der Waals surface area (Å²) < 4.78 is 0. The highest BCUT2D eigenvalue weighted by molar-refractivity contribution is 5.80. The smallest absolute Gasteiger partial charge is 0.223 e. The van der Waals surface area contributed by atoms with Gasteiger partial charge in [0.2, 0.25) is 5.91 Å². The van der Waals surface area contributed by atoms with Crippen LogP contribution in [0, 0.1) is 23.2 Å². The van der Waals surface area contributed by atoms with E-state index >= 15 is 0 Å². The molecule has 0 aromatic carbocycles. The van der Waals surface area contributed by atoms with E-state index in [4.69, 9.17) is 5.26 Å². The van der Waals surface area contributed by atoms with E-state index in [0.29, 0.717) is 13.1 Å². The lowest BCUT2D eigenvalue weighted by molar-refractivity contribution is -0.122. The third kappa shape index (κ3) is 4.24. The average Bonchev–Trinajstić information content (AvgIpc) is 2.99. The highest BCUT2D eigenvalue weighted by Gasteiger charge is 2.28. The molecular formula is C10H17N3O. The number of carbonyl (C=O) groups excluding carboxylic acids is 1. The molecule has 1 fully saturated rings. The maximum atomic E-state index is 11.2. The second-order valence-corrected chi connectivity index (χ2v) is 3.80. The van der Waals surface area contributed by atoms with Gasteiger partial charge >= 0.3 is 0 Å². The fourth-order valence-electron chi connectivity index (χ4n) is 1.13. The molecule has 78 valence electrons. The van der Waals surface area contributed by atoms with Crippen molar-refractivity contribution in [1.29, 1.82) is 5.26 Å². The minimum absolute atomic E-state index is 0.0362. The molecule has 1 amide bonds. The maximum Gasteiger partial charge on any atom is 0.223 e. The van der Waals surface area contributed by atoms with Gasteiger partial charge in [-0.05, 0) is 19.8 Å². The van der Waals surface area contributed by atoms with E-state index in [1.165, 1.54) is 0 Å². The molecule has 1 saturated carbocycles. The van der Waals surface area contributed by atoms with Crippen LogP contribution >= 0.6 is 0 Å². The molecule has 4 nitrogen and oxygen atoms in total. The largest absolute Gasteiger partial charge is 0.355 e. The topological polar surface area (TPSA) is 64.9 Å². The number of carbonyl (C=O) groups is 1. The summed E-state index contributed by atoms with van der Waals surface area (Å²) >= 11 is 0. The van der Waals surface area contributed by atoms with E-state index in [0.717, 1.165) is 19.4 Å². The molecule has 2 N–H and O–H groups in total. The van der Waals surface area contributed by atoms with Crippen LogP contribution in [0.2, 0.25) is 0 Å². The van der Waals surface area contributed by atoms with Gasteiger partial charge in [0.25, 0.3) is 0 Å². The summed E-state index contributed by atoms with van der Waals surface area (Å²) in [7, 11) is 0. The van der Waals surface area contributed by atoms with E-state index in [9.17, 15) is 4.79 Å². The summed E-state index contributed by atoms with van der Waals surface area (Å²) in [6.07, 6.45) is 2.09. The lowest BCUT2D eigenvalue weighted by Gasteiger charge is -2.06. The summed E-state index contributed by atoms with van der Waals surface area (Å²) in [5.41, 5.74) is 0. The Kier molecular flexibility index (Phi) is 4.41. The van der Waals surface area contributed by atoms with Crippen LogP contribution in [-0.2, 0) is 4.79 Å². The van der Waals surface area contributed by atoms with Gasteiger partial charge in [-0.15, -0.1) is 0 Å². The molecule has 1 unspecified atom stereocenters. The molecule has 1 aliphatic carbocycles. The third-order valence-electron chi connectivity index (χ3n) is 2.22. The normalized spacial score (nSPS) is 17.1. The zero-order valence-corrected chi connectivity index (χ0v) is 8.55. The Labute approximate surface area is 84.7 Å². The summed E-state index contributed by atoms with van der Waals surface area (Å²) in [6, 6.07) is 2.14. The number of nitriles is 1. The first kappa shape index (κ1) is 11.0. The van der Waals surface area contributed by atoms with E-state index in [-0.39, 0.29) is 17.7 Å². The van der Waals surface area contributed by atoms with Gasteiger partial charge in [-0.3, -0.25) is 4.79 Å². The number of nitrogens with one attached hydrogen (secondary N) is 2. The van der Waals surface area contributed by atoms with Crippen LogP contribution in [-0.4, -0.2) is 25.5 Å². The highest BCUT2D eigenvalue weighted by atomic mass is 16.2. The monoisotopic (exact) mass is 195 g/mol. The summed E-state index contributed by atoms with van der Waals surface area (Å²) in [4.78, 5) is 11.2. The Bertz CT molecular complexity index is 230. The molecule has 0 aliphatic heterocycles. The standard InChI is InChI=1S/C10H17N3O/c1-8(6-11)7-12-4-5-13-10(14)9-2-3-9/h8-9,12H,2-5,7H2,1H3,(H,13,14). The van der Waals surface area contributed by atoms with Crippen molar-refractivity contribution in [2.24, 2.45) is 11.8 Å². The van der Waals surface area contributed by atoms with Gasteiger partial charge in [0.15, 0.2) is 0 Å². The van der Waals surface area contributed by atoms with E-state index in [2.05, 4.69) is 16.7 Å². The van der Waals surface area contributed by atoms with Crippen molar-refractivity contribution in [3.8, 4) is 6.07 Å².